The number of anilines is 1. The molecule has 0 saturated carbocycles. The van der Waals surface area contributed by atoms with Crippen LogP contribution < -0.4 is 9.64 Å². The van der Waals surface area contributed by atoms with Crippen LogP contribution in [0.1, 0.15) is 12.0 Å². The lowest BCUT2D eigenvalue weighted by molar-refractivity contribution is -0.141. The Hall–Kier alpha value is -1.42. The Bertz CT molecular complexity index is 476. The van der Waals surface area contributed by atoms with Gasteiger partial charge >= 0.3 is 5.97 Å². The van der Waals surface area contributed by atoms with E-state index in [9.17, 15) is 9.90 Å². The van der Waals surface area contributed by atoms with Crippen molar-refractivity contribution in [2.45, 2.75) is 12.8 Å². The first-order valence-electron chi connectivity index (χ1n) is 5.84. The number of hydrogen-bond donors (Lipinski definition) is 1. The maximum Gasteiger partial charge on any atom is 0.306 e. The molecule has 2 rings (SSSR count). The van der Waals surface area contributed by atoms with Gasteiger partial charge in [0.2, 0.25) is 0 Å². The Morgan fingerprint density at radius 2 is 2.28 bits per heavy atom. The second-order valence-electron chi connectivity index (χ2n) is 4.53. The molecule has 0 amide bonds. The van der Waals surface area contributed by atoms with Crippen LogP contribution in [-0.4, -0.2) is 31.8 Å². The van der Waals surface area contributed by atoms with Crippen LogP contribution in [-0.2, 0) is 11.2 Å². The molecule has 0 spiro atoms. The maximum absolute atomic E-state index is 11.2. The maximum atomic E-state index is 11.2. The van der Waals surface area contributed by atoms with Crippen LogP contribution in [0.25, 0.3) is 0 Å². The van der Waals surface area contributed by atoms with E-state index in [1.165, 1.54) is 0 Å². The van der Waals surface area contributed by atoms with Crippen molar-refractivity contribution in [3.8, 4) is 5.75 Å². The number of benzene rings is 1. The standard InChI is InChI=1S/C13H16ClNO3/c1-15-6-5-8(13(16)17)7-9-10(14)3-4-11(18-2)12(9)15/h3-4,8H,5-7H2,1-2H3,(H,16,17). The van der Waals surface area contributed by atoms with Gasteiger partial charge in [0.15, 0.2) is 0 Å². The van der Waals surface area contributed by atoms with Gasteiger partial charge in [-0.05, 0) is 30.5 Å². The molecule has 4 nitrogen and oxygen atoms in total. The normalized spacial score (nSPS) is 19.1. The summed E-state index contributed by atoms with van der Waals surface area (Å²) in [5.74, 6) is -0.420. The monoisotopic (exact) mass is 269 g/mol. The van der Waals surface area contributed by atoms with Crippen LogP contribution in [0.2, 0.25) is 5.02 Å². The summed E-state index contributed by atoms with van der Waals surface area (Å²) < 4.78 is 5.34. The van der Waals surface area contributed by atoms with Crippen molar-refractivity contribution in [2.24, 2.45) is 5.92 Å². The van der Waals surface area contributed by atoms with E-state index in [1.54, 1.807) is 13.2 Å². The molecule has 0 bridgehead atoms. The molecule has 1 aromatic carbocycles. The first-order valence-corrected chi connectivity index (χ1v) is 6.21. The summed E-state index contributed by atoms with van der Waals surface area (Å²) in [5.41, 5.74) is 1.78. The van der Waals surface area contributed by atoms with Gasteiger partial charge in [-0.3, -0.25) is 4.79 Å². The number of carboxylic acid groups (broad SMARTS) is 1. The Balaban J connectivity index is 2.52. The first-order chi connectivity index (χ1) is 8.54. The zero-order valence-corrected chi connectivity index (χ0v) is 11.2. The number of hydrogen-bond acceptors (Lipinski definition) is 3. The van der Waals surface area contributed by atoms with E-state index in [0.717, 1.165) is 17.0 Å². The van der Waals surface area contributed by atoms with E-state index < -0.39 is 11.9 Å². The molecule has 0 aromatic heterocycles. The largest absolute Gasteiger partial charge is 0.495 e. The van der Waals surface area contributed by atoms with E-state index in [2.05, 4.69) is 0 Å². The summed E-state index contributed by atoms with van der Waals surface area (Å²) in [4.78, 5) is 13.2. The zero-order valence-electron chi connectivity index (χ0n) is 10.4. The Morgan fingerprint density at radius 1 is 1.56 bits per heavy atom. The van der Waals surface area contributed by atoms with E-state index in [0.29, 0.717) is 24.4 Å². The molecule has 18 heavy (non-hydrogen) atoms. The predicted molar refractivity (Wildman–Crippen MR) is 70.7 cm³/mol. The van der Waals surface area contributed by atoms with E-state index >= 15 is 0 Å². The second-order valence-corrected chi connectivity index (χ2v) is 4.93. The average molecular weight is 270 g/mol. The summed E-state index contributed by atoms with van der Waals surface area (Å²) in [6.45, 7) is 0.681. The lowest BCUT2D eigenvalue weighted by Gasteiger charge is -2.22. The number of carboxylic acids is 1. The Morgan fingerprint density at radius 3 is 2.89 bits per heavy atom. The Kier molecular flexibility index (Phi) is 3.66. The number of carbonyl (C=O) groups is 1. The molecule has 1 aliphatic rings. The van der Waals surface area contributed by atoms with Crippen LogP contribution in [0.5, 0.6) is 5.75 Å². The van der Waals surface area contributed by atoms with Gasteiger partial charge in [-0.2, -0.15) is 0 Å². The van der Waals surface area contributed by atoms with Crippen molar-refractivity contribution >= 4 is 23.3 Å². The highest BCUT2D eigenvalue weighted by Crippen LogP contribution is 2.40. The third-order valence-corrected chi connectivity index (χ3v) is 3.76. The van der Waals surface area contributed by atoms with Gasteiger partial charge in [0.05, 0.1) is 18.7 Å². The molecule has 0 aliphatic carbocycles. The fraction of sp³-hybridized carbons (Fsp3) is 0.462. The van der Waals surface area contributed by atoms with Gasteiger partial charge in [-0.15, -0.1) is 0 Å². The van der Waals surface area contributed by atoms with Crippen molar-refractivity contribution in [1.82, 2.24) is 0 Å². The minimum atomic E-state index is -0.768. The molecular formula is C13H16ClNO3. The number of fused-ring (bicyclic) bond motifs is 1. The van der Waals surface area contributed by atoms with Gasteiger partial charge in [-0.1, -0.05) is 11.6 Å². The second kappa shape index (κ2) is 5.06. The summed E-state index contributed by atoms with van der Waals surface area (Å²) >= 11 is 6.20. The van der Waals surface area contributed by atoms with Crippen molar-refractivity contribution in [1.29, 1.82) is 0 Å². The van der Waals surface area contributed by atoms with Gasteiger partial charge in [0.25, 0.3) is 0 Å². The van der Waals surface area contributed by atoms with Crippen molar-refractivity contribution in [3.05, 3.63) is 22.7 Å². The third-order valence-electron chi connectivity index (χ3n) is 3.40. The molecule has 0 saturated heterocycles. The molecule has 0 radical (unpaired) electrons. The highest BCUT2D eigenvalue weighted by molar-refractivity contribution is 6.32. The Labute approximate surface area is 111 Å². The van der Waals surface area contributed by atoms with E-state index in [-0.39, 0.29) is 0 Å². The molecule has 0 fully saturated rings. The number of ether oxygens (including phenoxy) is 1. The van der Waals surface area contributed by atoms with E-state index in [1.807, 2.05) is 18.0 Å². The van der Waals surface area contributed by atoms with Crippen LogP contribution in [0.15, 0.2) is 12.1 Å². The molecule has 1 aromatic rings. The van der Waals surface area contributed by atoms with Crippen molar-refractivity contribution in [3.63, 3.8) is 0 Å². The van der Waals surface area contributed by atoms with Gasteiger partial charge < -0.3 is 14.7 Å². The molecule has 1 heterocycles. The average Bonchev–Trinajstić information content (AvgIpc) is 2.51. The minimum absolute atomic E-state index is 0.390. The van der Waals surface area contributed by atoms with Gasteiger partial charge in [0.1, 0.15) is 5.75 Å². The van der Waals surface area contributed by atoms with E-state index in [4.69, 9.17) is 16.3 Å². The summed E-state index contributed by atoms with van der Waals surface area (Å²) in [7, 11) is 3.54. The smallest absolute Gasteiger partial charge is 0.306 e. The number of aliphatic carboxylic acids is 1. The van der Waals surface area contributed by atoms with Gasteiger partial charge in [0, 0.05) is 18.6 Å². The quantitative estimate of drug-likeness (QED) is 0.896. The van der Waals surface area contributed by atoms with Crippen LogP contribution in [0, 0.1) is 5.92 Å². The highest BCUT2D eigenvalue weighted by Gasteiger charge is 2.28. The van der Waals surface area contributed by atoms with Crippen molar-refractivity contribution in [2.75, 3.05) is 25.6 Å². The first kappa shape index (κ1) is 13.0. The van der Waals surface area contributed by atoms with Gasteiger partial charge in [-0.25, -0.2) is 0 Å². The molecule has 1 unspecified atom stereocenters. The number of nitrogens with zero attached hydrogens (tertiary/aromatic N) is 1. The molecule has 5 heteroatoms. The molecule has 1 N–H and O–H groups in total. The lowest BCUT2D eigenvalue weighted by Crippen LogP contribution is -2.21. The number of rotatable bonds is 2. The highest BCUT2D eigenvalue weighted by atomic mass is 35.5. The molecule has 1 atom stereocenters. The molecular weight excluding hydrogens is 254 g/mol. The summed E-state index contributed by atoms with van der Waals surface area (Å²) in [5, 5.41) is 9.80. The lowest BCUT2D eigenvalue weighted by atomic mass is 9.97. The zero-order chi connectivity index (χ0) is 13.3. The summed E-state index contributed by atoms with van der Waals surface area (Å²) in [6.07, 6.45) is 1.06. The predicted octanol–water partition coefficient (Wildman–Crippen LogP) is 2.43. The fourth-order valence-corrected chi connectivity index (χ4v) is 2.62. The van der Waals surface area contributed by atoms with Crippen LogP contribution in [0.3, 0.4) is 0 Å². The number of methoxy groups -OCH3 is 1. The number of halogens is 1. The van der Waals surface area contributed by atoms with Crippen LogP contribution >= 0.6 is 11.6 Å². The minimum Gasteiger partial charge on any atom is -0.495 e. The van der Waals surface area contributed by atoms with Crippen molar-refractivity contribution < 1.29 is 14.6 Å². The van der Waals surface area contributed by atoms with Crippen LogP contribution in [0.4, 0.5) is 5.69 Å². The fourth-order valence-electron chi connectivity index (χ4n) is 2.39. The topological polar surface area (TPSA) is 49.8 Å². The summed E-state index contributed by atoms with van der Waals surface area (Å²) in [6, 6.07) is 3.58. The molecule has 1 aliphatic heterocycles. The third kappa shape index (κ3) is 2.25. The molecule has 98 valence electrons. The SMILES string of the molecule is COc1ccc(Cl)c2c1N(C)CCC(C(=O)O)C2.